The highest BCUT2D eigenvalue weighted by Crippen LogP contribution is 2.49. The van der Waals surface area contributed by atoms with Crippen LogP contribution >= 0.6 is 0 Å². The van der Waals surface area contributed by atoms with E-state index >= 15 is 0 Å². The van der Waals surface area contributed by atoms with Gasteiger partial charge in [0.05, 0.1) is 27.8 Å². The number of aliphatic imine (C=N–C) groups is 1. The summed E-state index contributed by atoms with van der Waals surface area (Å²) in [7, 11) is 0. The molecule has 0 bridgehead atoms. The number of fused-ring (bicyclic) bond motifs is 7. The molecule has 62 heavy (non-hydrogen) atoms. The summed E-state index contributed by atoms with van der Waals surface area (Å²) in [5, 5.41) is 16.6. The fourth-order valence-corrected chi connectivity index (χ4v) is 11.2. The molecule has 2 aromatic heterocycles. The van der Waals surface area contributed by atoms with E-state index in [0.717, 1.165) is 46.5 Å². The first-order valence-corrected chi connectivity index (χ1v) is 21.7. The molecule has 1 atom stereocenters. The molecule has 4 heteroatoms. The van der Waals surface area contributed by atoms with E-state index in [4.69, 9.17) is 4.99 Å². The number of rotatable bonds is 4. The number of aromatic nitrogens is 2. The molecule has 1 unspecified atom stereocenters. The molecule has 0 amide bonds. The molecule has 2 aliphatic rings. The lowest BCUT2D eigenvalue weighted by Gasteiger charge is -2.29. The van der Waals surface area contributed by atoms with Crippen LogP contribution < -0.4 is 5.32 Å². The lowest BCUT2D eigenvalue weighted by molar-refractivity contribution is 0.624. The molecule has 12 aromatic rings. The van der Waals surface area contributed by atoms with Crippen LogP contribution in [0.4, 0.5) is 5.69 Å². The smallest absolute Gasteiger partial charge is 0.201 e. The fourth-order valence-electron chi connectivity index (χ4n) is 11.2. The summed E-state index contributed by atoms with van der Waals surface area (Å²) < 4.78 is 4.97. The summed E-state index contributed by atoms with van der Waals surface area (Å²) >= 11 is 0. The molecular formula is C58H38N4. The van der Waals surface area contributed by atoms with E-state index in [0.29, 0.717) is 0 Å². The van der Waals surface area contributed by atoms with Crippen LogP contribution in [-0.4, -0.2) is 14.8 Å². The van der Waals surface area contributed by atoms with Gasteiger partial charge in [0.1, 0.15) is 0 Å². The zero-order chi connectivity index (χ0) is 40.5. The van der Waals surface area contributed by atoms with E-state index in [1.807, 2.05) is 0 Å². The number of allylic oxidation sites excluding steroid dienone is 1. The maximum Gasteiger partial charge on any atom is 0.201 e. The van der Waals surface area contributed by atoms with Crippen molar-refractivity contribution in [2.24, 2.45) is 4.99 Å². The molecule has 10 aromatic carbocycles. The van der Waals surface area contributed by atoms with Gasteiger partial charge < -0.3 is 14.5 Å². The Hall–Kier alpha value is -7.95. The summed E-state index contributed by atoms with van der Waals surface area (Å²) in [4.78, 5) is 5.84. The number of hydrogen-bond acceptors (Lipinski definition) is 2. The Morgan fingerprint density at radius 1 is 0.484 bits per heavy atom. The van der Waals surface area contributed by atoms with E-state index in [2.05, 4.69) is 209 Å². The highest BCUT2D eigenvalue weighted by Gasteiger charge is 2.30. The van der Waals surface area contributed by atoms with E-state index in [9.17, 15) is 0 Å². The van der Waals surface area contributed by atoms with Crippen molar-refractivity contribution in [1.29, 1.82) is 0 Å². The Morgan fingerprint density at radius 3 is 1.97 bits per heavy atom. The molecule has 0 spiro atoms. The predicted octanol–water partition coefficient (Wildman–Crippen LogP) is 14.8. The molecule has 0 radical (unpaired) electrons. The van der Waals surface area contributed by atoms with Gasteiger partial charge in [-0.3, -0.25) is 0 Å². The number of benzene rings is 9. The molecule has 290 valence electrons. The van der Waals surface area contributed by atoms with E-state index < -0.39 is 6.29 Å². The van der Waals surface area contributed by atoms with Crippen molar-refractivity contribution >= 4 is 93.4 Å². The van der Waals surface area contributed by atoms with Gasteiger partial charge in [-0.15, -0.1) is 0 Å². The van der Waals surface area contributed by atoms with E-state index in [1.54, 1.807) is 0 Å². The fraction of sp³-hybridized carbons (Fsp3) is 0.0517. The molecule has 3 heterocycles. The number of nitrogens with one attached hydrogen (secondary N) is 1. The minimum atomic E-state index is -0.403. The van der Waals surface area contributed by atoms with Crippen LogP contribution in [-0.2, 0) is 6.42 Å². The maximum atomic E-state index is 5.84. The number of nitrogens with zero attached hydrogens (tertiary/aromatic N) is 3. The lowest BCUT2D eigenvalue weighted by Crippen LogP contribution is -2.25. The van der Waals surface area contributed by atoms with Crippen molar-refractivity contribution in [3.8, 4) is 16.8 Å². The average molecular weight is 791 g/mol. The minimum Gasteiger partial charge on any atom is -0.346 e. The third-order valence-corrected chi connectivity index (χ3v) is 13.7. The highest BCUT2D eigenvalue weighted by molar-refractivity contribution is 6.39. The molecule has 0 fully saturated rings. The van der Waals surface area contributed by atoms with Crippen molar-refractivity contribution in [2.75, 3.05) is 5.32 Å². The third-order valence-electron chi connectivity index (χ3n) is 13.7. The molecule has 4 nitrogen and oxygen atoms in total. The number of para-hydroxylation sites is 1. The van der Waals surface area contributed by atoms with Crippen molar-refractivity contribution in [3.63, 3.8) is 0 Å². The predicted molar refractivity (Wildman–Crippen MR) is 261 cm³/mol. The second-order valence-electron chi connectivity index (χ2n) is 16.9. The first kappa shape index (κ1) is 33.8. The van der Waals surface area contributed by atoms with Crippen LogP contribution in [0.3, 0.4) is 0 Å². The summed E-state index contributed by atoms with van der Waals surface area (Å²) in [6.07, 6.45) is 6.26. The highest BCUT2D eigenvalue weighted by atomic mass is 15.3. The van der Waals surface area contributed by atoms with Crippen LogP contribution in [0.5, 0.6) is 0 Å². The summed E-state index contributed by atoms with van der Waals surface area (Å²) in [5.74, 6) is 0. The molecule has 14 rings (SSSR count). The summed E-state index contributed by atoms with van der Waals surface area (Å²) in [6, 6.07) is 67.1. The van der Waals surface area contributed by atoms with Crippen molar-refractivity contribution < 1.29 is 0 Å². The van der Waals surface area contributed by atoms with E-state index in [1.165, 1.54) is 92.7 Å². The second-order valence-corrected chi connectivity index (χ2v) is 16.9. The average Bonchev–Trinajstić information content (AvgIpc) is 3.86. The lowest BCUT2D eigenvalue weighted by atomic mass is 9.84. The van der Waals surface area contributed by atoms with Crippen LogP contribution in [0.1, 0.15) is 35.0 Å². The van der Waals surface area contributed by atoms with Crippen LogP contribution in [0.25, 0.3) is 98.8 Å². The van der Waals surface area contributed by atoms with Gasteiger partial charge in [-0.1, -0.05) is 146 Å². The van der Waals surface area contributed by atoms with Gasteiger partial charge in [-0.05, 0) is 116 Å². The van der Waals surface area contributed by atoms with Crippen LogP contribution in [0, 0.1) is 0 Å². The third kappa shape index (κ3) is 4.64. The van der Waals surface area contributed by atoms with Crippen LogP contribution in [0.2, 0.25) is 0 Å². The van der Waals surface area contributed by atoms with Gasteiger partial charge in [-0.25, -0.2) is 4.99 Å². The molecule has 1 aliphatic heterocycles. The Morgan fingerprint density at radius 2 is 1.11 bits per heavy atom. The monoisotopic (exact) mass is 790 g/mol. The normalized spacial score (nSPS) is 15.0. The Kier molecular flexibility index (Phi) is 6.97. The van der Waals surface area contributed by atoms with Crippen molar-refractivity contribution in [2.45, 2.75) is 19.1 Å². The zero-order valence-electron chi connectivity index (χ0n) is 33.8. The van der Waals surface area contributed by atoms with Crippen molar-refractivity contribution in [1.82, 2.24) is 9.13 Å². The summed E-state index contributed by atoms with van der Waals surface area (Å²) in [5.41, 5.74) is 15.5. The zero-order valence-corrected chi connectivity index (χ0v) is 33.8. The first-order chi connectivity index (χ1) is 30.8. The van der Waals surface area contributed by atoms with Gasteiger partial charge in [0.25, 0.3) is 0 Å². The second kappa shape index (κ2) is 12.8. The largest absolute Gasteiger partial charge is 0.346 e. The first-order valence-electron chi connectivity index (χ1n) is 21.7. The van der Waals surface area contributed by atoms with Gasteiger partial charge >= 0.3 is 0 Å². The molecule has 0 saturated heterocycles. The van der Waals surface area contributed by atoms with Gasteiger partial charge in [-0.2, -0.15) is 0 Å². The van der Waals surface area contributed by atoms with Crippen LogP contribution in [0.15, 0.2) is 193 Å². The molecule has 1 N–H and O–H groups in total. The maximum absolute atomic E-state index is 5.84. The topological polar surface area (TPSA) is 34.2 Å². The Bertz CT molecular complexity index is 3900. The van der Waals surface area contributed by atoms with Gasteiger partial charge in [0, 0.05) is 44.0 Å². The number of anilines is 1. The van der Waals surface area contributed by atoms with E-state index in [-0.39, 0.29) is 0 Å². The standard InChI is InChI=1S/C58H38N4/c1-2-15-35(16-3-1)36-18-12-19-38(33-36)61-49-29-13-26-44-41-22-7-8-23-42(41)45-27-14-30-50-54(45)56-52(32-31-51(61)55(56)53(44)49)62(50)58-59-48-28-11-10-25-46(48)57(60-58)47-34-37-17-4-5-20-39(37)40-21-6-9-24-43(40)47/h1-8,10-23,25-34,58-59H,9,24H2. The molecule has 0 saturated carbocycles. The Balaban J connectivity index is 1.11. The quantitative estimate of drug-likeness (QED) is 0.189. The minimum absolute atomic E-state index is 0.403. The number of hydrogen-bond donors (Lipinski definition) is 1. The van der Waals surface area contributed by atoms with Gasteiger partial charge in [0.2, 0.25) is 6.29 Å². The van der Waals surface area contributed by atoms with Gasteiger partial charge in [0.15, 0.2) is 0 Å². The van der Waals surface area contributed by atoms with Crippen molar-refractivity contribution in [3.05, 3.63) is 210 Å². The Labute approximate surface area is 357 Å². The SMILES string of the molecule is C1=Cc2c(c(C3=NC(n4c5cccc6c7ccccc7c7cccc8c7c7c(c65)c4ccc7n8-c4cccc(-c5ccccc5)c4)Nc4ccccc43)cc3ccccc23)CC1. The summed E-state index contributed by atoms with van der Waals surface area (Å²) in [6.45, 7) is 0. The molecular weight excluding hydrogens is 753 g/mol. The molecule has 1 aliphatic carbocycles.